The number of hydrogen-bond donors (Lipinski definition) is 3. The molecule has 8 heteroatoms. The predicted octanol–water partition coefficient (Wildman–Crippen LogP) is 0.500. The van der Waals surface area contributed by atoms with Crippen molar-refractivity contribution in [3.63, 3.8) is 0 Å². The van der Waals surface area contributed by atoms with Crippen molar-refractivity contribution in [1.29, 1.82) is 0 Å². The second-order valence-corrected chi connectivity index (χ2v) is 4.80. The summed E-state index contributed by atoms with van der Waals surface area (Å²) in [7, 11) is 0. The zero-order chi connectivity index (χ0) is 14.5. The molecular weight excluding hydrogens is 262 g/mol. The van der Waals surface area contributed by atoms with Crippen molar-refractivity contribution in [2.24, 2.45) is 11.7 Å². The maximum atomic E-state index is 11.4. The second-order valence-electron chi connectivity index (χ2n) is 4.80. The fourth-order valence-corrected chi connectivity index (χ4v) is 2.22. The highest BCUT2D eigenvalue weighted by molar-refractivity contribution is 5.98. The number of amides is 1. The number of carbonyl (C=O) groups is 1. The van der Waals surface area contributed by atoms with E-state index < -0.39 is 10.8 Å². The van der Waals surface area contributed by atoms with Gasteiger partial charge in [-0.2, -0.15) is 0 Å². The summed E-state index contributed by atoms with van der Waals surface area (Å²) in [5.74, 6) is 0.0145. The fraction of sp³-hybridized carbons (Fsp3) is 0.500. The zero-order valence-corrected chi connectivity index (χ0v) is 11.0. The van der Waals surface area contributed by atoms with E-state index >= 15 is 0 Å². The number of aromatic nitrogens is 1. The van der Waals surface area contributed by atoms with E-state index in [2.05, 4.69) is 15.6 Å². The van der Waals surface area contributed by atoms with Gasteiger partial charge in [-0.3, -0.25) is 14.9 Å². The quantitative estimate of drug-likeness (QED) is 0.532. The van der Waals surface area contributed by atoms with Gasteiger partial charge in [-0.05, 0) is 31.8 Å². The Kier molecular flexibility index (Phi) is 4.46. The number of pyridine rings is 1. The van der Waals surface area contributed by atoms with Crippen LogP contribution in [-0.2, 0) is 0 Å². The standard InChI is InChI=1S/C12H17N5O3/c13-11(18)10-4-9(17(19)20)7-16-12(10)15-6-8-2-1-3-14-5-8/h4,7-8,14H,1-3,5-6H2,(H2,13,18)(H,15,16). The van der Waals surface area contributed by atoms with Gasteiger partial charge < -0.3 is 16.4 Å². The van der Waals surface area contributed by atoms with E-state index in [-0.39, 0.29) is 11.3 Å². The average Bonchev–Trinajstić information content (AvgIpc) is 2.45. The Labute approximate surface area is 115 Å². The van der Waals surface area contributed by atoms with Gasteiger partial charge in [-0.15, -0.1) is 0 Å². The molecule has 0 aliphatic carbocycles. The van der Waals surface area contributed by atoms with Crippen molar-refractivity contribution >= 4 is 17.4 Å². The number of primary amides is 1. The molecule has 1 atom stereocenters. The molecule has 1 aromatic heterocycles. The number of nitrogens with zero attached hydrogens (tertiary/aromatic N) is 2. The minimum absolute atomic E-state index is 0.0444. The summed E-state index contributed by atoms with van der Waals surface area (Å²) >= 11 is 0. The predicted molar refractivity (Wildman–Crippen MR) is 73.5 cm³/mol. The van der Waals surface area contributed by atoms with Crippen LogP contribution in [0, 0.1) is 16.0 Å². The zero-order valence-electron chi connectivity index (χ0n) is 11.0. The number of nitro groups is 1. The third-order valence-corrected chi connectivity index (χ3v) is 3.31. The number of rotatable bonds is 5. The highest BCUT2D eigenvalue weighted by Gasteiger charge is 2.18. The summed E-state index contributed by atoms with van der Waals surface area (Å²) < 4.78 is 0. The topological polar surface area (TPSA) is 123 Å². The van der Waals surface area contributed by atoms with Crippen LogP contribution < -0.4 is 16.4 Å². The number of nitrogens with two attached hydrogens (primary N) is 1. The minimum atomic E-state index is -0.731. The lowest BCUT2D eigenvalue weighted by molar-refractivity contribution is -0.385. The van der Waals surface area contributed by atoms with Crippen LogP contribution in [0.5, 0.6) is 0 Å². The van der Waals surface area contributed by atoms with Gasteiger partial charge in [0.25, 0.3) is 11.6 Å². The van der Waals surface area contributed by atoms with Crippen molar-refractivity contribution < 1.29 is 9.72 Å². The van der Waals surface area contributed by atoms with Crippen LogP contribution in [-0.4, -0.2) is 35.4 Å². The van der Waals surface area contributed by atoms with E-state index in [1.54, 1.807) is 0 Å². The maximum Gasteiger partial charge on any atom is 0.288 e. The fourth-order valence-electron chi connectivity index (χ4n) is 2.22. The largest absolute Gasteiger partial charge is 0.369 e. The van der Waals surface area contributed by atoms with E-state index in [1.807, 2.05) is 0 Å². The van der Waals surface area contributed by atoms with Gasteiger partial charge in [-0.1, -0.05) is 0 Å². The van der Waals surface area contributed by atoms with Gasteiger partial charge in [0, 0.05) is 12.6 Å². The lowest BCUT2D eigenvalue weighted by Crippen LogP contribution is -2.34. The molecule has 1 aliphatic rings. The van der Waals surface area contributed by atoms with Crippen LogP contribution in [0.1, 0.15) is 23.2 Å². The van der Waals surface area contributed by atoms with Crippen LogP contribution in [0.4, 0.5) is 11.5 Å². The van der Waals surface area contributed by atoms with Crippen LogP contribution >= 0.6 is 0 Å². The Bertz CT molecular complexity index is 514. The SMILES string of the molecule is NC(=O)c1cc([N+](=O)[O-])cnc1NCC1CCCNC1. The van der Waals surface area contributed by atoms with Gasteiger partial charge in [0.05, 0.1) is 10.5 Å². The molecule has 0 radical (unpaired) electrons. The third-order valence-electron chi connectivity index (χ3n) is 3.31. The molecule has 1 fully saturated rings. The van der Waals surface area contributed by atoms with E-state index in [0.717, 1.165) is 38.2 Å². The molecule has 0 saturated carbocycles. The number of carbonyl (C=O) groups excluding carboxylic acids is 1. The van der Waals surface area contributed by atoms with E-state index in [1.165, 1.54) is 0 Å². The minimum Gasteiger partial charge on any atom is -0.369 e. The molecule has 2 heterocycles. The van der Waals surface area contributed by atoms with Gasteiger partial charge in [0.15, 0.2) is 0 Å². The van der Waals surface area contributed by atoms with Crippen molar-refractivity contribution in [2.75, 3.05) is 25.0 Å². The Hall–Kier alpha value is -2.22. The molecule has 4 N–H and O–H groups in total. The molecule has 0 spiro atoms. The summed E-state index contributed by atoms with van der Waals surface area (Å²) in [6.07, 6.45) is 3.33. The Morgan fingerprint density at radius 3 is 3.05 bits per heavy atom. The van der Waals surface area contributed by atoms with E-state index in [9.17, 15) is 14.9 Å². The smallest absolute Gasteiger partial charge is 0.288 e. The first kappa shape index (κ1) is 14.2. The van der Waals surface area contributed by atoms with E-state index in [0.29, 0.717) is 18.3 Å². The molecule has 1 unspecified atom stereocenters. The number of hydrogen-bond acceptors (Lipinski definition) is 6. The highest BCUT2D eigenvalue weighted by Crippen LogP contribution is 2.19. The summed E-state index contributed by atoms with van der Waals surface area (Å²) in [6.45, 7) is 2.59. The number of piperidine rings is 1. The van der Waals surface area contributed by atoms with E-state index in [4.69, 9.17) is 5.73 Å². The molecule has 1 saturated heterocycles. The van der Waals surface area contributed by atoms with Crippen molar-refractivity contribution in [1.82, 2.24) is 10.3 Å². The molecule has 1 aliphatic heterocycles. The van der Waals surface area contributed by atoms with Crippen molar-refractivity contribution in [3.8, 4) is 0 Å². The first-order valence-electron chi connectivity index (χ1n) is 6.46. The third kappa shape index (κ3) is 3.41. The molecule has 1 amide bonds. The van der Waals surface area contributed by atoms with Crippen LogP contribution in [0.3, 0.4) is 0 Å². The van der Waals surface area contributed by atoms with Crippen LogP contribution in [0.15, 0.2) is 12.3 Å². The summed E-state index contributed by atoms with van der Waals surface area (Å²) in [5.41, 5.74) is 5.04. The highest BCUT2D eigenvalue weighted by atomic mass is 16.6. The molecule has 8 nitrogen and oxygen atoms in total. The molecule has 0 aromatic carbocycles. The molecule has 0 bridgehead atoms. The van der Waals surface area contributed by atoms with Crippen LogP contribution in [0.2, 0.25) is 0 Å². The Morgan fingerprint density at radius 2 is 2.45 bits per heavy atom. The van der Waals surface area contributed by atoms with Gasteiger partial charge in [0.1, 0.15) is 12.0 Å². The molecule has 1 aromatic rings. The summed E-state index contributed by atoms with van der Waals surface area (Å²) in [5, 5.41) is 17.0. The lowest BCUT2D eigenvalue weighted by atomic mass is 10.00. The maximum absolute atomic E-state index is 11.4. The number of nitrogens with one attached hydrogen (secondary N) is 2. The summed E-state index contributed by atoms with van der Waals surface area (Å²) in [4.78, 5) is 25.4. The Morgan fingerprint density at radius 1 is 1.65 bits per heavy atom. The Balaban J connectivity index is 2.09. The molecule has 20 heavy (non-hydrogen) atoms. The van der Waals surface area contributed by atoms with Gasteiger partial charge in [0.2, 0.25) is 0 Å². The molecule has 108 valence electrons. The lowest BCUT2D eigenvalue weighted by Gasteiger charge is -2.23. The molecule has 2 rings (SSSR count). The first-order chi connectivity index (χ1) is 9.58. The summed E-state index contributed by atoms with van der Waals surface area (Å²) in [6, 6.07) is 1.15. The monoisotopic (exact) mass is 279 g/mol. The molecular formula is C12H17N5O3. The second kappa shape index (κ2) is 6.29. The number of anilines is 1. The van der Waals surface area contributed by atoms with Crippen LogP contribution in [0.25, 0.3) is 0 Å². The first-order valence-corrected chi connectivity index (χ1v) is 6.46. The van der Waals surface area contributed by atoms with Gasteiger partial charge in [-0.25, -0.2) is 4.98 Å². The van der Waals surface area contributed by atoms with Crippen molar-refractivity contribution in [2.45, 2.75) is 12.8 Å². The van der Waals surface area contributed by atoms with Gasteiger partial charge >= 0.3 is 0 Å². The average molecular weight is 279 g/mol. The van der Waals surface area contributed by atoms with Crippen molar-refractivity contribution in [3.05, 3.63) is 27.9 Å². The normalized spacial score (nSPS) is 18.5.